The maximum absolute atomic E-state index is 13.0. The normalized spacial score (nSPS) is 10.7. The fourth-order valence-corrected chi connectivity index (χ4v) is 3.21. The van der Waals surface area contributed by atoms with Crippen LogP contribution in [0.2, 0.25) is 0 Å². The minimum Gasteiger partial charge on any atom is -0.383 e. The molecule has 0 atom stereocenters. The van der Waals surface area contributed by atoms with Crippen LogP contribution in [0.25, 0.3) is 11.3 Å². The van der Waals surface area contributed by atoms with Crippen molar-refractivity contribution >= 4 is 11.8 Å². The Morgan fingerprint density at radius 3 is 2.75 bits per heavy atom. The number of methoxy groups -OCH3 is 1. The molecule has 1 aromatic carbocycles. The minimum atomic E-state index is -0.303. The van der Waals surface area contributed by atoms with Crippen LogP contribution in [0.5, 0.6) is 0 Å². The first-order valence-corrected chi connectivity index (χ1v) is 10.5. The van der Waals surface area contributed by atoms with E-state index in [-0.39, 0.29) is 30.5 Å². The number of aryl methyl sites for hydroxylation is 2. The molecule has 0 saturated carbocycles. The zero-order valence-electron chi connectivity index (χ0n) is 18.6. The van der Waals surface area contributed by atoms with Gasteiger partial charge in [-0.1, -0.05) is 28.9 Å². The molecule has 0 spiro atoms. The number of nitrogens with zero attached hydrogens (tertiary/aromatic N) is 3. The SMILES string of the molecule is COCCN(CCC(=O)NCc1cccnc1)C(=O)c1cc(-c2cc(C)ccc2C)on1. The topological polar surface area (TPSA) is 97.6 Å². The van der Waals surface area contributed by atoms with Gasteiger partial charge in [0.2, 0.25) is 5.91 Å². The Kier molecular flexibility index (Phi) is 8.10. The summed E-state index contributed by atoms with van der Waals surface area (Å²) >= 11 is 0. The van der Waals surface area contributed by atoms with E-state index < -0.39 is 0 Å². The summed E-state index contributed by atoms with van der Waals surface area (Å²) in [5, 5.41) is 6.82. The molecule has 2 aromatic heterocycles. The lowest BCUT2D eigenvalue weighted by molar-refractivity contribution is -0.121. The number of carbonyl (C=O) groups excluding carboxylic acids is 2. The van der Waals surface area contributed by atoms with E-state index in [0.717, 1.165) is 22.3 Å². The number of rotatable bonds is 10. The summed E-state index contributed by atoms with van der Waals surface area (Å²) in [6.07, 6.45) is 3.55. The van der Waals surface area contributed by atoms with Gasteiger partial charge in [-0.05, 0) is 37.1 Å². The van der Waals surface area contributed by atoms with E-state index in [1.54, 1.807) is 30.5 Å². The summed E-state index contributed by atoms with van der Waals surface area (Å²) in [5.74, 6) is 0.0816. The van der Waals surface area contributed by atoms with E-state index in [1.165, 1.54) is 0 Å². The van der Waals surface area contributed by atoms with Gasteiger partial charge in [-0.15, -0.1) is 0 Å². The lowest BCUT2D eigenvalue weighted by Crippen LogP contribution is -2.37. The number of hydrogen-bond acceptors (Lipinski definition) is 6. The molecule has 1 N–H and O–H groups in total. The van der Waals surface area contributed by atoms with Crippen LogP contribution in [0.3, 0.4) is 0 Å². The molecule has 0 aliphatic rings. The number of amides is 2. The molecule has 0 saturated heterocycles. The average molecular weight is 437 g/mol. The van der Waals surface area contributed by atoms with Gasteiger partial charge in [-0.3, -0.25) is 14.6 Å². The van der Waals surface area contributed by atoms with Crippen molar-refractivity contribution in [2.45, 2.75) is 26.8 Å². The van der Waals surface area contributed by atoms with Crippen molar-refractivity contribution in [2.24, 2.45) is 0 Å². The highest BCUT2D eigenvalue weighted by Crippen LogP contribution is 2.25. The standard InChI is InChI=1S/C24H28N4O4/c1-17-6-7-18(2)20(13-17)22-14-21(27-32-22)24(30)28(11-12-31-3)10-8-23(29)26-16-19-5-4-9-25-15-19/h4-7,9,13-15H,8,10-12,16H2,1-3H3,(H,26,29). The van der Waals surface area contributed by atoms with E-state index in [1.807, 2.05) is 44.2 Å². The molecule has 0 bridgehead atoms. The maximum atomic E-state index is 13.0. The minimum absolute atomic E-state index is 0.153. The van der Waals surface area contributed by atoms with E-state index in [4.69, 9.17) is 9.26 Å². The van der Waals surface area contributed by atoms with Gasteiger partial charge in [0, 0.05) is 57.2 Å². The van der Waals surface area contributed by atoms with Crippen molar-refractivity contribution in [3.05, 3.63) is 71.2 Å². The fourth-order valence-electron chi connectivity index (χ4n) is 3.21. The van der Waals surface area contributed by atoms with E-state index >= 15 is 0 Å². The first-order valence-electron chi connectivity index (χ1n) is 10.5. The average Bonchev–Trinajstić information content (AvgIpc) is 3.29. The van der Waals surface area contributed by atoms with Gasteiger partial charge < -0.3 is 19.5 Å². The molecule has 3 rings (SSSR count). The second kappa shape index (κ2) is 11.2. The van der Waals surface area contributed by atoms with Gasteiger partial charge in [0.25, 0.3) is 5.91 Å². The van der Waals surface area contributed by atoms with Gasteiger partial charge in [0.1, 0.15) is 0 Å². The van der Waals surface area contributed by atoms with Crippen LogP contribution in [0, 0.1) is 13.8 Å². The Morgan fingerprint density at radius 1 is 1.16 bits per heavy atom. The van der Waals surface area contributed by atoms with Crippen molar-refractivity contribution in [1.29, 1.82) is 0 Å². The van der Waals surface area contributed by atoms with Crippen molar-refractivity contribution < 1.29 is 18.8 Å². The third-order valence-electron chi connectivity index (χ3n) is 5.06. The molecule has 2 amide bonds. The fraction of sp³-hybridized carbons (Fsp3) is 0.333. The molecular formula is C24H28N4O4. The molecule has 32 heavy (non-hydrogen) atoms. The van der Waals surface area contributed by atoms with Crippen LogP contribution < -0.4 is 5.32 Å². The first kappa shape index (κ1) is 23.1. The summed E-state index contributed by atoms with van der Waals surface area (Å²) in [6, 6.07) is 11.4. The Hall–Kier alpha value is -3.52. The van der Waals surface area contributed by atoms with Gasteiger partial charge >= 0.3 is 0 Å². The highest BCUT2D eigenvalue weighted by molar-refractivity contribution is 5.93. The summed E-state index contributed by atoms with van der Waals surface area (Å²) < 4.78 is 10.6. The zero-order valence-corrected chi connectivity index (χ0v) is 18.6. The van der Waals surface area contributed by atoms with Crippen LogP contribution in [-0.2, 0) is 16.1 Å². The molecule has 0 radical (unpaired) electrons. The number of benzene rings is 1. The summed E-state index contributed by atoms with van der Waals surface area (Å²) in [7, 11) is 1.57. The molecule has 2 heterocycles. The molecule has 3 aromatic rings. The molecule has 0 unspecified atom stereocenters. The Balaban J connectivity index is 1.63. The number of nitrogens with one attached hydrogen (secondary N) is 1. The van der Waals surface area contributed by atoms with E-state index in [0.29, 0.717) is 25.5 Å². The molecular weight excluding hydrogens is 408 g/mol. The number of ether oxygens (including phenoxy) is 1. The number of carbonyl (C=O) groups is 2. The smallest absolute Gasteiger partial charge is 0.276 e. The van der Waals surface area contributed by atoms with Gasteiger partial charge in [-0.25, -0.2) is 0 Å². The van der Waals surface area contributed by atoms with Gasteiger partial charge in [0.15, 0.2) is 11.5 Å². The molecule has 0 aliphatic carbocycles. The van der Waals surface area contributed by atoms with Crippen LogP contribution in [0.1, 0.15) is 33.6 Å². The van der Waals surface area contributed by atoms with E-state index in [9.17, 15) is 9.59 Å². The van der Waals surface area contributed by atoms with Crippen LogP contribution in [0.4, 0.5) is 0 Å². The van der Waals surface area contributed by atoms with Crippen molar-refractivity contribution in [3.8, 4) is 11.3 Å². The van der Waals surface area contributed by atoms with Crippen molar-refractivity contribution in [1.82, 2.24) is 20.4 Å². The highest BCUT2D eigenvalue weighted by atomic mass is 16.5. The summed E-state index contributed by atoms with van der Waals surface area (Å²) in [5.41, 5.74) is 4.14. The van der Waals surface area contributed by atoms with Gasteiger partial charge in [0.05, 0.1) is 6.61 Å². The predicted molar refractivity (Wildman–Crippen MR) is 120 cm³/mol. The van der Waals surface area contributed by atoms with Crippen LogP contribution in [0.15, 0.2) is 53.3 Å². The summed E-state index contributed by atoms with van der Waals surface area (Å²) in [4.78, 5) is 30.9. The first-order chi connectivity index (χ1) is 15.5. The predicted octanol–water partition coefficient (Wildman–Crippen LogP) is 3.15. The van der Waals surface area contributed by atoms with Crippen LogP contribution in [-0.4, -0.2) is 53.7 Å². The molecule has 8 nitrogen and oxygen atoms in total. The Morgan fingerprint density at radius 2 is 2.00 bits per heavy atom. The second-order valence-corrected chi connectivity index (χ2v) is 7.57. The highest BCUT2D eigenvalue weighted by Gasteiger charge is 2.21. The van der Waals surface area contributed by atoms with Crippen LogP contribution >= 0.6 is 0 Å². The van der Waals surface area contributed by atoms with Crippen molar-refractivity contribution in [3.63, 3.8) is 0 Å². The summed E-state index contributed by atoms with van der Waals surface area (Å²) in [6.45, 7) is 5.31. The zero-order chi connectivity index (χ0) is 22.9. The number of pyridine rings is 1. The molecule has 0 fully saturated rings. The Labute approximate surface area is 187 Å². The monoisotopic (exact) mass is 436 g/mol. The maximum Gasteiger partial charge on any atom is 0.276 e. The number of hydrogen-bond donors (Lipinski definition) is 1. The molecule has 0 aliphatic heterocycles. The third kappa shape index (κ3) is 6.24. The third-order valence-corrected chi connectivity index (χ3v) is 5.06. The van der Waals surface area contributed by atoms with Crippen molar-refractivity contribution in [2.75, 3.05) is 26.8 Å². The lowest BCUT2D eigenvalue weighted by atomic mass is 10.0. The quantitative estimate of drug-likeness (QED) is 0.524. The molecule has 168 valence electrons. The lowest BCUT2D eigenvalue weighted by Gasteiger charge is -2.21. The largest absolute Gasteiger partial charge is 0.383 e. The number of aromatic nitrogens is 2. The second-order valence-electron chi connectivity index (χ2n) is 7.57. The Bertz CT molecular complexity index is 1050. The van der Waals surface area contributed by atoms with Gasteiger partial charge in [-0.2, -0.15) is 0 Å². The molecule has 8 heteroatoms. The van der Waals surface area contributed by atoms with E-state index in [2.05, 4.69) is 15.5 Å².